The van der Waals surface area contributed by atoms with Crippen molar-refractivity contribution in [1.82, 2.24) is 9.88 Å². The summed E-state index contributed by atoms with van der Waals surface area (Å²) in [5, 5.41) is 14.5. The van der Waals surface area contributed by atoms with Gasteiger partial charge in [-0.15, -0.1) is 0 Å². The molecular formula is C26H26N2O2. The van der Waals surface area contributed by atoms with Crippen molar-refractivity contribution in [2.75, 3.05) is 6.54 Å². The van der Waals surface area contributed by atoms with Crippen LogP contribution in [0.5, 0.6) is 0 Å². The van der Waals surface area contributed by atoms with Gasteiger partial charge in [-0.3, -0.25) is 0 Å². The minimum atomic E-state index is -0.893. The molecule has 0 aliphatic heterocycles. The minimum absolute atomic E-state index is 0.345. The topological polar surface area (TPSA) is 54.3 Å². The Balaban J connectivity index is 1.64. The lowest BCUT2D eigenvalue weighted by Crippen LogP contribution is -2.21. The molecule has 3 aromatic carbocycles. The first-order chi connectivity index (χ1) is 14.6. The number of hydrogen-bond donors (Lipinski definition) is 2. The molecule has 0 saturated heterocycles. The molecule has 0 fully saturated rings. The van der Waals surface area contributed by atoms with Crippen LogP contribution in [0.3, 0.4) is 0 Å². The number of nitrogens with one attached hydrogen (secondary N) is 1. The average Bonchev–Trinajstić information content (AvgIpc) is 3.09. The van der Waals surface area contributed by atoms with E-state index < -0.39 is 5.97 Å². The second-order valence-electron chi connectivity index (χ2n) is 7.66. The Labute approximate surface area is 176 Å². The van der Waals surface area contributed by atoms with Crippen LogP contribution < -0.4 is 5.32 Å². The van der Waals surface area contributed by atoms with Gasteiger partial charge in [0.15, 0.2) is 0 Å². The van der Waals surface area contributed by atoms with Gasteiger partial charge < -0.3 is 15.0 Å². The van der Waals surface area contributed by atoms with Gasteiger partial charge >= 0.3 is 5.97 Å². The number of carbonyl (C=O) groups is 1. The van der Waals surface area contributed by atoms with E-state index in [-0.39, 0.29) is 0 Å². The van der Waals surface area contributed by atoms with Crippen molar-refractivity contribution in [2.45, 2.75) is 25.9 Å². The van der Waals surface area contributed by atoms with Crippen LogP contribution in [-0.4, -0.2) is 22.2 Å². The van der Waals surface area contributed by atoms with Crippen LogP contribution in [0.15, 0.2) is 84.9 Å². The van der Waals surface area contributed by atoms with Gasteiger partial charge in [-0.25, -0.2) is 4.79 Å². The van der Waals surface area contributed by atoms with Crippen molar-refractivity contribution in [3.8, 4) is 0 Å². The molecule has 152 valence electrons. The number of para-hydroxylation sites is 1. The first kappa shape index (κ1) is 19.9. The molecular weight excluding hydrogens is 372 g/mol. The van der Waals surface area contributed by atoms with E-state index in [2.05, 4.69) is 24.4 Å². The molecule has 1 atom stereocenters. The smallest absolute Gasteiger partial charge is 0.352 e. The largest absolute Gasteiger partial charge is 0.477 e. The Bertz CT molecular complexity index is 1130. The van der Waals surface area contributed by atoms with Crippen molar-refractivity contribution in [1.29, 1.82) is 0 Å². The van der Waals surface area contributed by atoms with E-state index in [0.717, 1.165) is 28.6 Å². The number of hydrogen-bond acceptors (Lipinski definition) is 2. The predicted molar refractivity (Wildman–Crippen MR) is 121 cm³/mol. The number of fused-ring (bicyclic) bond motifs is 1. The summed E-state index contributed by atoms with van der Waals surface area (Å²) in [6, 6.07) is 28.3. The van der Waals surface area contributed by atoms with Gasteiger partial charge in [-0.2, -0.15) is 0 Å². The lowest BCUT2D eigenvalue weighted by molar-refractivity contribution is 0.0685. The van der Waals surface area contributed by atoms with Gasteiger partial charge in [0.05, 0.1) is 0 Å². The molecule has 0 aliphatic carbocycles. The highest BCUT2D eigenvalue weighted by Gasteiger charge is 2.22. The van der Waals surface area contributed by atoms with E-state index in [1.54, 1.807) is 0 Å². The maximum Gasteiger partial charge on any atom is 0.352 e. The monoisotopic (exact) mass is 398 g/mol. The normalized spacial score (nSPS) is 12.2. The number of carboxylic acid groups (broad SMARTS) is 1. The maximum absolute atomic E-state index is 12.3. The first-order valence-corrected chi connectivity index (χ1v) is 10.3. The van der Waals surface area contributed by atoms with Crippen LogP contribution >= 0.6 is 0 Å². The van der Waals surface area contributed by atoms with Gasteiger partial charge in [0, 0.05) is 36.1 Å². The predicted octanol–water partition coefficient (Wildman–Crippen LogP) is 5.28. The zero-order valence-electron chi connectivity index (χ0n) is 17.1. The van der Waals surface area contributed by atoms with Gasteiger partial charge in [-0.1, -0.05) is 85.8 Å². The molecule has 1 heterocycles. The van der Waals surface area contributed by atoms with E-state index in [1.165, 1.54) is 5.56 Å². The van der Waals surface area contributed by atoms with Crippen molar-refractivity contribution >= 4 is 16.9 Å². The Morgan fingerprint density at radius 2 is 1.57 bits per heavy atom. The van der Waals surface area contributed by atoms with Crippen LogP contribution in [-0.2, 0) is 13.1 Å². The number of nitrogens with zero attached hydrogens (tertiary/aromatic N) is 1. The standard InChI is InChI=1S/C26H26N2O2/c1-19(21-12-6-3-7-13-21)16-27-17-23-22-14-8-9-15-24(22)28(25(23)26(29)30)18-20-10-4-2-5-11-20/h2-15,19,27H,16-18H2,1H3,(H,29,30). The first-order valence-electron chi connectivity index (χ1n) is 10.3. The number of carboxylic acids is 1. The van der Waals surface area contributed by atoms with Gasteiger partial charge in [0.2, 0.25) is 0 Å². The molecule has 0 aliphatic rings. The Morgan fingerprint density at radius 3 is 2.27 bits per heavy atom. The summed E-state index contributed by atoms with van der Waals surface area (Å²) >= 11 is 0. The molecule has 0 spiro atoms. The third-order valence-corrected chi connectivity index (χ3v) is 5.58. The highest BCUT2D eigenvalue weighted by Crippen LogP contribution is 2.28. The highest BCUT2D eigenvalue weighted by molar-refractivity contribution is 5.98. The maximum atomic E-state index is 12.3. The molecule has 4 heteroatoms. The lowest BCUT2D eigenvalue weighted by atomic mass is 10.0. The molecule has 0 radical (unpaired) electrons. The summed E-state index contributed by atoms with van der Waals surface area (Å²) in [6.07, 6.45) is 0. The molecule has 0 amide bonds. The van der Waals surface area contributed by atoms with Crippen molar-refractivity contribution in [3.05, 3.63) is 107 Å². The lowest BCUT2D eigenvalue weighted by Gasteiger charge is -2.13. The number of aromatic nitrogens is 1. The summed E-state index contributed by atoms with van der Waals surface area (Å²) in [5.41, 5.74) is 4.51. The SMILES string of the molecule is CC(CNCc1c(C(=O)O)n(Cc2ccccc2)c2ccccc12)c1ccccc1. The Hall–Kier alpha value is -3.37. The molecule has 1 aromatic heterocycles. The van der Waals surface area contributed by atoms with E-state index >= 15 is 0 Å². The molecule has 4 nitrogen and oxygen atoms in total. The number of rotatable bonds is 8. The second kappa shape index (κ2) is 8.97. The fourth-order valence-electron chi connectivity index (χ4n) is 4.04. The molecule has 4 rings (SSSR count). The van der Waals surface area contributed by atoms with Gasteiger partial charge in [0.1, 0.15) is 5.69 Å². The quantitative estimate of drug-likeness (QED) is 0.424. The molecule has 0 bridgehead atoms. The Morgan fingerprint density at radius 1 is 0.933 bits per heavy atom. The number of benzene rings is 3. The molecule has 4 aromatic rings. The van der Waals surface area contributed by atoms with Crippen LogP contribution in [0, 0.1) is 0 Å². The van der Waals surface area contributed by atoms with E-state index in [4.69, 9.17) is 0 Å². The van der Waals surface area contributed by atoms with Crippen LogP contribution in [0.1, 0.15) is 40.0 Å². The minimum Gasteiger partial charge on any atom is -0.477 e. The second-order valence-corrected chi connectivity index (χ2v) is 7.66. The summed E-state index contributed by atoms with van der Waals surface area (Å²) < 4.78 is 1.92. The molecule has 2 N–H and O–H groups in total. The fourth-order valence-corrected chi connectivity index (χ4v) is 4.04. The molecule has 1 unspecified atom stereocenters. The summed E-state index contributed by atoms with van der Waals surface area (Å²) in [6.45, 7) is 4.00. The summed E-state index contributed by atoms with van der Waals surface area (Å²) in [5.74, 6) is -0.549. The van der Waals surface area contributed by atoms with Crippen molar-refractivity contribution in [3.63, 3.8) is 0 Å². The third-order valence-electron chi connectivity index (χ3n) is 5.58. The van der Waals surface area contributed by atoms with E-state index in [0.29, 0.717) is 24.7 Å². The highest BCUT2D eigenvalue weighted by atomic mass is 16.4. The fraction of sp³-hybridized carbons (Fsp3) is 0.192. The zero-order valence-corrected chi connectivity index (χ0v) is 17.1. The number of aromatic carboxylic acids is 1. The van der Waals surface area contributed by atoms with Crippen LogP contribution in [0.4, 0.5) is 0 Å². The van der Waals surface area contributed by atoms with E-state index in [1.807, 2.05) is 77.4 Å². The van der Waals surface area contributed by atoms with Crippen molar-refractivity contribution in [2.24, 2.45) is 0 Å². The third kappa shape index (κ3) is 4.14. The van der Waals surface area contributed by atoms with Gasteiger partial charge in [-0.05, 0) is 23.1 Å². The average molecular weight is 399 g/mol. The van der Waals surface area contributed by atoms with Gasteiger partial charge in [0.25, 0.3) is 0 Å². The van der Waals surface area contributed by atoms with Crippen LogP contribution in [0.2, 0.25) is 0 Å². The van der Waals surface area contributed by atoms with E-state index in [9.17, 15) is 9.90 Å². The summed E-state index contributed by atoms with van der Waals surface area (Å²) in [4.78, 5) is 12.3. The summed E-state index contributed by atoms with van der Waals surface area (Å²) in [7, 11) is 0. The Kier molecular flexibility index (Phi) is 5.96. The van der Waals surface area contributed by atoms with Crippen LogP contribution in [0.25, 0.3) is 10.9 Å². The molecule has 30 heavy (non-hydrogen) atoms. The zero-order chi connectivity index (χ0) is 20.9. The van der Waals surface area contributed by atoms with Crippen molar-refractivity contribution < 1.29 is 9.90 Å². The molecule has 0 saturated carbocycles.